The topological polar surface area (TPSA) is 20.6 Å². The van der Waals surface area contributed by atoms with Gasteiger partial charge in [0.2, 0.25) is 0 Å². The van der Waals surface area contributed by atoms with E-state index in [-0.39, 0.29) is 6.71 Å². The Hall–Kier alpha value is -12.2. The summed E-state index contributed by atoms with van der Waals surface area (Å²) >= 11 is 0. The molecule has 0 saturated carbocycles. The minimum Gasteiger partial charge on any atom is -0.457 e. The molecule has 96 heavy (non-hydrogen) atoms. The molecule has 0 radical (unpaired) electrons. The fourth-order valence-electron chi connectivity index (χ4n) is 16.0. The summed E-state index contributed by atoms with van der Waals surface area (Å²) in [6.45, 7) is -0.291. The van der Waals surface area contributed by atoms with Crippen LogP contribution in [0.25, 0.3) is 83.1 Å². The molecule has 16 aromatic rings. The van der Waals surface area contributed by atoms with Crippen LogP contribution in [0.2, 0.25) is 0 Å². The second kappa shape index (κ2) is 22.5. The second-order valence-corrected chi connectivity index (χ2v) is 29.2. The number of hydrogen-bond donors (Lipinski definition) is 0. The summed E-state index contributed by atoms with van der Waals surface area (Å²) in [4.78, 5) is 5.22. The Labute approximate surface area is 560 Å². The lowest BCUT2D eigenvalue weighted by molar-refractivity contribution is 0.487. The average molecular weight is 1240 g/mol. The molecule has 0 amide bonds. The van der Waals surface area contributed by atoms with Crippen molar-refractivity contribution in [3.63, 3.8) is 0 Å². The summed E-state index contributed by atoms with van der Waals surface area (Å²) < 4.78 is 10.1. The maximum Gasteiger partial charge on any atom is 0.252 e. The zero-order valence-corrected chi connectivity index (χ0v) is 53.5. The van der Waals surface area contributed by atoms with Gasteiger partial charge in [-0.3, -0.25) is 0 Å². The van der Waals surface area contributed by atoms with E-state index in [1.54, 1.807) is 0 Å². The van der Waals surface area contributed by atoms with E-state index in [1.807, 2.05) is 0 Å². The van der Waals surface area contributed by atoms with Gasteiger partial charge in [-0.25, -0.2) is 0 Å². The summed E-state index contributed by atoms with van der Waals surface area (Å²) in [6.07, 6.45) is 0. The lowest BCUT2D eigenvalue weighted by Crippen LogP contribution is -2.77. The molecule has 0 atom stereocenters. The average Bonchev–Trinajstić information content (AvgIpc) is 0.716. The third kappa shape index (κ3) is 8.83. The minimum atomic E-state index is -3.23. The van der Waals surface area contributed by atoms with Gasteiger partial charge in [0.15, 0.2) is 8.07 Å². The van der Waals surface area contributed by atoms with Crippen LogP contribution in [0.5, 0.6) is 11.5 Å². The molecular formula is C90H60BN3OSi. The molecule has 448 valence electrons. The first kappa shape index (κ1) is 55.4. The Morgan fingerprint density at radius 1 is 0.250 bits per heavy atom. The van der Waals surface area contributed by atoms with Crippen molar-refractivity contribution in [3.05, 3.63) is 364 Å². The van der Waals surface area contributed by atoms with Gasteiger partial charge in [0, 0.05) is 51.0 Å². The van der Waals surface area contributed by atoms with Gasteiger partial charge >= 0.3 is 0 Å². The van der Waals surface area contributed by atoms with Crippen molar-refractivity contribution in [1.82, 2.24) is 4.57 Å². The molecule has 0 saturated heterocycles. The molecular weight excluding hydrogens is 1180 g/mol. The molecule has 0 unspecified atom stereocenters. The van der Waals surface area contributed by atoms with Gasteiger partial charge in [-0.15, -0.1) is 0 Å². The van der Waals surface area contributed by atoms with Crippen molar-refractivity contribution in [2.24, 2.45) is 0 Å². The first-order valence-electron chi connectivity index (χ1n) is 33.2. The highest BCUT2D eigenvalue weighted by atomic mass is 28.3. The predicted molar refractivity (Wildman–Crippen MR) is 406 cm³/mol. The smallest absolute Gasteiger partial charge is 0.252 e. The summed E-state index contributed by atoms with van der Waals surface area (Å²) in [5.74, 6) is 1.75. The van der Waals surface area contributed by atoms with Crippen LogP contribution in [0, 0.1) is 0 Å². The SMILES string of the molecule is c1ccc(-c2cc(-c3ccccc3)cc(N3c4ccc(-c5ccccc5)cc4B4c5cc6c(cc5N(c5cc(-c7ccccc7)cc(-c7ccccc7)c5)c5cc(-n7c8ccccc8c8ccccc87)cc3c54)Oc3ccccc3[Si]6(c3ccccc3)c3ccccc3)c2)cc1. The van der Waals surface area contributed by atoms with Crippen molar-refractivity contribution in [1.29, 1.82) is 0 Å². The van der Waals surface area contributed by atoms with E-state index < -0.39 is 8.07 Å². The molecule has 6 heteroatoms. The highest BCUT2D eigenvalue weighted by molar-refractivity contribution is 7.21. The van der Waals surface area contributed by atoms with Crippen LogP contribution in [0.15, 0.2) is 364 Å². The molecule has 0 spiro atoms. The van der Waals surface area contributed by atoms with E-state index in [9.17, 15) is 0 Å². The maximum atomic E-state index is 7.60. The first-order valence-corrected chi connectivity index (χ1v) is 35.2. The number of ether oxygens (including phenoxy) is 1. The lowest BCUT2D eigenvalue weighted by Gasteiger charge is -2.46. The highest BCUT2D eigenvalue weighted by Gasteiger charge is 2.51. The van der Waals surface area contributed by atoms with Crippen LogP contribution < -0.4 is 51.7 Å². The zero-order chi connectivity index (χ0) is 63.3. The Morgan fingerprint density at radius 3 is 1.12 bits per heavy atom. The van der Waals surface area contributed by atoms with Crippen LogP contribution >= 0.6 is 0 Å². The largest absolute Gasteiger partial charge is 0.457 e. The van der Waals surface area contributed by atoms with Crippen molar-refractivity contribution in [2.45, 2.75) is 0 Å². The van der Waals surface area contributed by atoms with E-state index in [1.165, 1.54) is 47.9 Å². The van der Waals surface area contributed by atoms with Crippen molar-refractivity contribution in [3.8, 4) is 72.8 Å². The van der Waals surface area contributed by atoms with Gasteiger partial charge in [0.25, 0.3) is 6.71 Å². The third-order valence-corrected chi connectivity index (χ3v) is 25.0. The Bertz CT molecular complexity index is 5480. The molecule has 15 aromatic carbocycles. The molecule has 1 aromatic heterocycles. The van der Waals surface area contributed by atoms with Gasteiger partial charge < -0.3 is 19.1 Å². The number of aromatic nitrogens is 1. The number of nitrogens with zero attached hydrogens (tertiary/aromatic N) is 3. The number of rotatable bonds is 10. The minimum absolute atomic E-state index is 0.291. The third-order valence-electron chi connectivity index (χ3n) is 20.2. The fraction of sp³-hybridized carbons (Fsp3) is 0. The van der Waals surface area contributed by atoms with E-state index in [0.29, 0.717) is 0 Å². The number of fused-ring (bicyclic) bond motifs is 9. The normalized spacial score (nSPS) is 13.1. The molecule has 4 nitrogen and oxygen atoms in total. The molecule has 0 fully saturated rings. The maximum absolute atomic E-state index is 7.60. The van der Waals surface area contributed by atoms with Crippen LogP contribution in [-0.4, -0.2) is 19.4 Å². The van der Waals surface area contributed by atoms with Gasteiger partial charge in [0.05, 0.1) is 16.7 Å². The van der Waals surface area contributed by atoms with Gasteiger partial charge in [-0.05, 0) is 166 Å². The fourth-order valence-corrected chi connectivity index (χ4v) is 21.0. The van der Waals surface area contributed by atoms with Gasteiger partial charge in [0.1, 0.15) is 11.5 Å². The summed E-state index contributed by atoms with van der Waals surface area (Å²) in [6, 6.07) is 136. The molecule has 3 aliphatic heterocycles. The number of benzene rings is 15. The summed E-state index contributed by atoms with van der Waals surface area (Å²) in [7, 11) is -3.23. The van der Waals surface area contributed by atoms with E-state index in [2.05, 4.69) is 378 Å². The molecule has 0 bridgehead atoms. The van der Waals surface area contributed by atoms with Crippen LogP contribution in [0.3, 0.4) is 0 Å². The second-order valence-electron chi connectivity index (χ2n) is 25.5. The number of hydrogen-bond acceptors (Lipinski definition) is 3. The van der Waals surface area contributed by atoms with Crippen LogP contribution in [-0.2, 0) is 0 Å². The molecule has 3 aliphatic rings. The monoisotopic (exact) mass is 1240 g/mol. The summed E-state index contributed by atoms with van der Waals surface area (Å²) in [5.41, 5.74) is 24.8. The predicted octanol–water partition coefficient (Wildman–Crippen LogP) is 18.7. The number of anilines is 6. The number of para-hydroxylation sites is 3. The standard InChI is InChI=1S/C90H60BN3OSi/c1-8-28-61(29-9-1)66-48-49-82-78(56-66)91-79-59-89-87(95-86-46-26-27-47-88(86)96(89,74-38-18-6-19-39-74)75-40-20-7-21-41-75)60-83(79)94(72-54-69(64-34-14-4-15-35-64)51-70(55-72)65-36-16-5-17-37-65)85-58-73(92-80-44-24-22-42-76(80)77-43-23-25-45-81(77)92)57-84(90(85)91)93(82)71-52-67(62-30-10-2-11-31-62)50-68(53-71)63-32-12-3-13-33-63/h1-60H. The zero-order valence-electron chi connectivity index (χ0n) is 52.5. The molecule has 0 N–H and O–H groups in total. The van der Waals surface area contributed by atoms with E-state index in [0.717, 1.165) is 118 Å². The van der Waals surface area contributed by atoms with Crippen LogP contribution in [0.1, 0.15) is 0 Å². The molecule has 4 heterocycles. The molecule has 19 rings (SSSR count). The molecule has 0 aliphatic carbocycles. The van der Waals surface area contributed by atoms with Crippen molar-refractivity contribution in [2.75, 3.05) is 9.80 Å². The quantitative estimate of drug-likeness (QED) is 0.127. The Kier molecular flexibility index (Phi) is 13.0. The van der Waals surface area contributed by atoms with Crippen molar-refractivity contribution < 1.29 is 4.74 Å². The Morgan fingerprint density at radius 2 is 0.646 bits per heavy atom. The van der Waals surface area contributed by atoms with Gasteiger partial charge in [-0.2, -0.15) is 0 Å². The van der Waals surface area contributed by atoms with E-state index >= 15 is 0 Å². The summed E-state index contributed by atoms with van der Waals surface area (Å²) in [5, 5.41) is 7.46. The van der Waals surface area contributed by atoms with Gasteiger partial charge in [-0.1, -0.05) is 285 Å². The first-order chi connectivity index (χ1) is 47.6. The lowest BCUT2D eigenvalue weighted by atomic mass is 9.33. The van der Waals surface area contributed by atoms with Crippen molar-refractivity contribution >= 4 is 108 Å². The highest BCUT2D eigenvalue weighted by Crippen LogP contribution is 2.50. The van der Waals surface area contributed by atoms with E-state index in [4.69, 9.17) is 4.74 Å². The Balaban J connectivity index is 0.998. The van der Waals surface area contributed by atoms with Crippen LogP contribution in [0.4, 0.5) is 34.1 Å².